The SMILES string of the molecule is NCC1Cc2cccc(-c3cncc4ccccc34)c2O1. The molecule has 0 bridgehead atoms. The molecule has 1 aliphatic heterocycles. The second-order valence-corrected chi connectivity index (χ2v) is 5.38. The molecule has 3 nitrogen and oxygen atoms in total. The van der Waals surface area contributed by atoms with Gasteiger partial charge in [0.25, 0.3) is 0 Å². The molecular weight excluding hydrogens is 260 g/mol. The van der Waals surface area contributed by atoms with Gasteiger partial charge in [0.05, 0.1) is 0 Å². The van der Waals surface area contributed by atoms with Crippen LogP contribution in [0.1, 0.15) is 5.56 Å². The molecule has 2 N–H and O–H groups in total. The number of nitrogens with zero attached hydrogens (tertiary/aromatic N) is 1. The Labute approximate surface area is 123 Å². The first-order valence-corrected chi connectivity index (χ1v) is 7.18. The highest BCUT2D eigenvalue weighted by molar-refractivity contribution is 5.97. The highest BCUT2D eigenvalue weighted by atomic mass is 16.5. The first-order chi connectivity index (χ1) is 10.4. The van der Waals surface area contributed by atoms with Crippen LogP contribution in [-0.4, -0.2) is 17.6 Å². The fourth-order valence-corrected chi connectivity index (χ4v) is 3.01. The lowest BCUT2D eigenvalue weighted by atomic mass is 9.98. The van der Waals surface area contributed by atoms with Crippen LogP contribution >= 0.6 is 0 Å². The molecule has 0 radical (unpaired) electrons. The third-order valence-electron chi connectivity index (χ3n) is 4.05. The third kappa shape index (κ3) is 1.98. The molecule has 0 spiro atoms. The lowest BCUT2D eigenvalue weighted by Crippen LogP contribution is -2.24. The Morgan fingerprint density at radius 2 is 1.95 bits per heavy atom. The van der Waals surface area contributed by atoms with E-state index in [-0.39, 0.29) is 6.10 Å². The molecule has 1 aliphatic rings. The molecule has 0 amide bonds. The van der Waals surface area contributed by atoms with Crippen LogP contribution < -0.4 is 10.5 Å². The minimum absolute atomic E-state index is 0.0871. The van der Waals surface area contributed by atoms with Crippen LogP contribution in [0, 0.1) is 0 Å². The van der Waals surface area contributed by atoms with Crippen molar-refractivity contribution in [3.05, 3.63) is 60.4 Å². The fraction of sp³-hybridized carbons (Fsp3) is 0.167. The van der Waals surface area contributed by atoms with Crippen LogP contribution in [-0.2, 0) is 6.42 Å². The molecule has 0 saturated heterocycles. The van der Waals surface area contributed by atoms with Gasteiger partial charge in [0.2, 0.25) is 0 Å². The molecule has 0 fully saturated rings. The normalized spacial score (nSPS) is 16.7. The summed E-state index contributed by atoms with van der Waals surface area (Å²) < 4.78 is 6.04. The lowest BCUT2D eigenvalue weighted by molar-refractivity contribution is 0.242. The first-order valence-electron chi connectivity index (χ1n) is 7.18. The number of hydrogen-bond acceptors (Lipinski definition) is 3. The van der Waals surface area contributed by atoms with Gasteiger partial charge in [-0.15, -0.1) is 0 Å². The average molecular weight is 276 g/mol. The summed E-state index contributed by atoms with van der Waals surface area (Å²) in [5.41, 5.74) is 9.21. The van der Waals surface area contributed by atoms with Crippen molar-refractivity contribution in [3.63, 3.8) is 0 Å². The molecule has 0 aliphatic carbocycles. The summed E-state index contributed by atoms with van der Waals surface area (Å²) in [5, 5.41) is 2.33. The fourth-order valence-electron chi connectivity index (χ4n) is 3.01. The van der Waals surface area contributed by atoms with Gasteiger partial charge in [-0.2, -0.15) is 0 Å². The molecule has 1 atom stereocenters. The van der Waals surface area contributed by atoms with E-state index >= 15 is 0 Å². The van der Waals surface area contributed by atoms with E-state index in [4.69, 9.17) is 10.5 Å². The van der Waals surface area contributed by atoms with E-state index in [9.17, 15) is 0 Å². The zero-order valence-electron chi connectivity index (χ0n) is 11.6. The molecule has 3 aromatic rings. The smallest absolute Gasteiger partial charge is 0.131 e. The highest BCUT2D eigenvalue weighted by Crippen LogP contribution is 2.40. The highest BCUT2D eigenvalue weighted by Gasteiger charge is 2.25. The Bertz CT molecular complexity index is 808. The van der Waals surface area contributed by atoms with E-state index in [1.54, 1.807) is 0 Å². The molecule has 0 saturated carbocycles. The van der Waals surface area contributed by atoms with Crippen molar-refractivity contribution in [2.45, 2.75) is 12.5 Å². The second kappa shape index (κ2) is 4.86. The van der Waals surface area contributed by atoms with Gasteiger partial charge in [0, 0.05) is 41.9 Å². The molecule has 1 aromatic heterocycles. The molecule has 1 unspecified atom stereocenters. The van der Waals surface area contributed by atoms with Crippen molar-refractivity contribution < 1.29 is 4.74 Å². The third-order valence-corrected chi connectivity index (χ3v) is 4.05. The average Bonchev–Trinajstić information content (AvgIpc) is 2.97. The predicted molar refractivity (Wildman–Crippen MR) is 84.4 cm³/mol. The van der Waals surface area contributed by atoms with Crippen LogP contribution in [0.25, 0.3) is 21.9 Å². The van der Waals surface area contributed by atoms with Crippen molar-refractivity contribution in [2.75, 3.05) is 6.54 Å². The maximum Gasteiger partial charge on any atom is 0.131 e. The van der Waals surface area contributed by atoms with Crippen LogP contribution in [0.15, 0.2) is 54.9 Å². The zero-order valence-corrected chi connectivity index (χ0v) is 11.6. The van der Waals surface area contributed by atoms with E-state index in [1.165, 1.54) is 10.9 Å². The second-order valence-electron chi connectivity index (χ2n) is 5.38. The monoisotopic (exact) mass is 276 g/mol. The number of aromatic nitrogens is 1. The molecule has 3 heteroatoms. The Morgan fingerprint density at radius 3 is 2.86 bits per heavy atom. The summed E-state index contributed by atoms with van der Waals surface area (Å²) in [6.07, 6.45) is 4.78. The number of rotatable bonds is 2. The summed E-state index contributed by atoms with van der Waals surface area (Å²) in [6.45, 7) is 0.544. The van der Waals surface area contributed by atoms with Crippen LogP contribution in [0.5, 0.6) is 5.75 Å². The Kier molecular flexibility index (Phi) is 2.86. The number of ether oxygens (including phenoxy) is 1. The number of hydrogen-bond donors (Lipinski definition) is 1. The van der Waals surface area contributed by atoms with Gasteiger partial charge in [-0.3, -0.25) is 4.98 Å². The van der Waals surface area contributed by atoms with Crippen LogP contribution in [0.3, 0.4) is 0 Å². The van der Waals surface area contributed by atoms with Crippen LogP contribution in [0.4, 0.5) is 0 Å². The summed E-state index contributed by atoms with van der Waals surface area (Å²) in [7, 11) is 0. The summed E-state index contributed by atoms with van der Waals surface area (Å²) >= 11 is 0. The van der Waals surface area contributed by atoms with Gasteiger partial charge in [0.1, 0.15) is 11.9 Å². The van der Waals surface area contributed by atoms with Gasteiger partial charge in [-0.05, 0) is 10.9 Å². The van der Waals surface area contributed by atoms with Gasteiger partial charge < -0.3 is 10.5 Å². The van der Waals surface area contributed by atoms with Crippen molar-refractivity contribution in [3.8, 4) is 16.9 Å². The number of nitrogens with two attached hydrogens (primary N) is 1. The van der Waals surface area contributed by atoms with Gasteiger partial charge in [-0.1, -0.05) is 42.5 Å². The quantitative estimate of drug-likeness (QED) is 0.782. The topological polar surface area (TPSA) is 48.1 Å². The molecular formula is C18H16N2O. The largest absolute Gasteiger partial charge is 0.488 e. The van der Waals surface area contributed by atoms with Crippen molar-refractivity contribution in [1.82, 2.24) is 4.98 Å². The van der Waals surface area contributed by atoms with Crippen molar-refractivity contribution in [1.29, 1.82) is 0 Å². The predicted octanol–water partition coefficient (Wildman–Crippen LogP) is 3.16. The molecule has 2 heterocycles. The van der Waals surface area contributed by atoms with E-state index in [1.807, 2.05) is 18.5 Å². The first kappa shape index (κ1) is 12.4. The van der Waals surface area contributed by atoms with E-state index in [2.05, 4.69) is 41.4 Å². The maximum atomic E-state index is 6.04. The minimum atomic E-state index is 0.0871. The lowest BCUT2D eigenvalue weighted by Gasteiger charge is -2.12. The Morgan fingerprint density at radius 1 is 1.05 bits per heavy atom. The number of para-hydroxylation sites is 1. The van der Waals surface area contributed by atoms with E-state index in [0.29, 0.717) is 6.54 Å². The number of pyridine rings is 1. The molecule has 4 rings (SSSR count). The molecule has 21 heavy (non-hydrogen) atoms. The Hall–Kier alpha value is -2.39. The number of fused-ring (bicyclic) bond motifs is 2. The van der Waals surface area contributed by atoms with Gasteiger partial charge in [-0.25, -0.2) is 0 Å². The van der Waals surface area contributed by atoms with Gasteiger partial charge >= 0.3 is 0 Å². The summed E-state index contributed by atoms with van der Waals surface area (Å²) in [4.78, 5) is 4.37. The van der Waals surface area contributed by atoms with E-state index < -0.39 is 0 Å². The summed E-state index contributed by atoms with van der Waals surface area (Å²) in [5.74, 6) is 0.964. The number of benzene rings is 2. The van der Waals surface area contributed by atoms with Crippen molar-refractivity contribution in [2.24, 2.45) is 5.73 Å². The molecule has 104 valence electrons. The van der Waals surface area contributed by atoms with Crippen molar-refractivity contribution >= 4 is 10.8 Å². The molecule has 2 aromatic carbocycles. The minimum Gasteiger partial charge on any atom is -0.488 e. The van der Waals surface area contributed by atoms with E-state index in [0.717, 1.165) is 28.7 Å². The summed E-state index contributed by atoms with van der Waals surface area (Å²) in [6, 6.07) is 14.6. The Balaban J connectivity index is 1.93. The zero-order chi connectivity index (χ0) is 14.2. The van der Waals surface area contributed by atoms with Crippen LogP contribution in [0.2, 0.25) is 0 Å². The van der Waals surface area contributed by atoms with Gasteiger partial charge in [0.15, 0.2) is 0 Å². The maximum absolute atomic E-state index is 6.04. The standard InChI is InChI=1S/C18H16N2O/c19-9-14-8-12-5-3-7-16(18(12)21-14)17-11-20-10-13-4-1-2-6-15(13)17/h1-7,10-11,14H,8-9,19H2.